The van der Waals surface area contributed by atoms with Crippen molar-refractivity contribution < 1.29 is 4.79 Å². The van der Waals surface area contributed by atoms with Crippen molar-refractivity contribution in [1.29, 1.82) is 0 Å². The van der Waals surface area contributed by atoms with Gasteiger partial charge in [-0.2, -0.15) is 0 Å². The number of carbonyl (C=O) groups is 1. The molecule has 0 aromatic carbocycles. The summed E-state index contributed by atoms with van der Waals surface area (Å²) in [5.74, 6) is 0.224. The Morgan fingerprint density at radius 2 is 2.35 bits per heavy atom. The molecule has 1 aliphatic heterocycles. The summed E-state index contributed by atoms with van der Waals surface area (Å²) in [6, 6.07) is 5.02. The molecule has 1 aliphatic rings. The summed E-state index contributed by atoms with van der Waals surface area (Å²) in [5.41, 5.74) is 0. The van der Waals surface area contributed by atoms with Crippen molar-refractivity contribution in [2.75, 3.05) is 6.54 Å². The van der Waals surface area contributed by atoms with Gasteiger partial charge < -0.3 is 10.6 Å². The predicted molar refractivity (Wildman–Crippen MR) is 85.1 cm³/mol. The predicted octanol–water partition coefficient (Wildman–Crippen LogP) is 3.11. The molecule has 0 saturated carbocycles. The van der Waals surface area contributed by atoms with E-state index in [-0.39, 0.29) is 5.91 Å². The van der Waals surface area contributed by atoms with E-state index in [9.17, 15) is 4.79 Å². The van der Waals surface area contributed by atoms with Gasteiger partial charge >= 0.3 is 0 Å². The molecule has 0 bridgehead atoms. The molecule has 1 fully saturated rings. The molecule has 1 aromatic heterocycles. The highest BCUT2D eigenvalue weighted by Gasteiger charge is 2.21. The van der Waals surface area contributed by atoms with Crippen LogP contribution in [0.15, 0.2) is 17.5 Å². The zero-order chi connectivity index (χ0) is 14.2. The van der Waals surface area contributed by atoms with Crippen molar-refractivity contribution in [2.45, 2.75) is 64.0 Å². The Bertz CT molecular complexity index is 391. The van der Waals surface area contributed by atoms with E-state index in [1.807, 2.05) is 11.3 Å². The molecule has 2 rings (SSSR count). The van der Waals surface area contributed by atoms with Gasteiger partial charge in [0.15, 0.2) is 0 Å². The maximum atomic E-state index is 11.9. The molecule has 2 N–H and O–H groups in total. The summed E-state index contributed by atoms with van der Waals surface area (Å²) >= 11 is 1.82. The summed E-state index contributed by atoms with van der Waals surface area (Å²) < 4.78 is 0. The van der Waals surface area contributed by atoms with Crippen LogP contribution < -0.4 is 10.6 Å². The van der Waals surface area contributed by atoms with Crippen molar-refractivity contribution >= 4 is 17.2 Å². The fourth-order valence-corrected chi connectivity index (χ4v) is 3.49. The highest BCUT2D eigenvalue weighted by Crippen LogP contribution is 2.13. The Morgan fingerprint density at radius 3 is 3.10 bits per heavy atom. The van der Waals surface area contributed by atoms with Gasteiger partial charge in [-0.25, -0.2) is 0 Å². The zero-order valence-electron chi connectivity index (χ0n) is 12.4. The molecule has 0 aliphatic carbocycles. The van der Waals surface area contributed by atoms with E-state index >= 15 is 0 Å². The Kier molecular flexibility index (Phi) is 6.54. The lowest BCUT2D eigenvalue weighted by Gasteiger charge is -2.30. The van der Waals surface area contributed by atoms with Gasteiger partial charge in [0.2, 0.25) is 5.91 Å². The molecular weight excluding hydrogens is 268 g/mol. The number of hydrogen-bond donors (Lipinski definition) is 2. The average Bonchev–Trinajstić information content (AvgIpc) is 2.94. The van der Waals surface area contributed by atoms with Gasteiger partial charge in [-0.15, -0.1) is 11.3 Å². The quantitative estimate of drug-likeness (QED) is 0.759. The Hall–Kier alpha value is -0.870. The lowest BCUT2D eigenvalue weighted by molar-refractivity contribution is -0.122. The van der Waals surface area contributed by atoms with E-state index in [2.05, 4.69) is 35.1 Å². The molecule has 4 heteroatoms. The van der Waals surface area contributed by atoms with Gasteiger partial charge in [-0.05, 0) is 57.0 Å². The molecule has 2 atom stereocenters. The smallest absolute Gasteiger partial charge is 0.220 e. The van der Waals surface area contributed by atoms with E-state index in [0.29, 0.717) is 18.5 Å². The molecule has 3 nitrogen and oxygen atoms in total. The number of thiophene rings is 1. The summed E-state index contributed by atoms with van der Waals surface area (Å²) in [5, 5.41) is 8.72. The van der Waals surface area contributed by atoms with Crippen molar-refractivity contribution in [3.05, 3.63) is 22.4 Å². The first-order valence-corrected chi connectivity index (χ1v) is 8.69. The third kappa shape index (κ3) is 5.25. The number of amides is 1. The lowest BCUT2D eigenvalue weighted by atomic mass is 9.99. The molecule has 112 valence electrons. The Balaban J connectivity index is 1.53. The number of piperidine rings is 1. The Labute approximate surface area is 126 Å². The van der Waals surface area contributed by atoms with Crippen LogP contribution in [-0.4, -0.2) is 24.5 Å². The van der Waals surface area contributed by atoms with Crippen LogP contribution in [0.3, 0.4) is 0 Å². The van der Waals surface area contributed by atoms with E-state index in [1.54, 1.807) is 0 Å². The van der Waals surface area contributed by atoms with E-state index in [0.717, 1.165) is 38.6 Å². The van der Waals surface area contributed by atoms with Crippen LogP contribution in [0.4, 0.5) is 0 Å². The van der Waals surface area contributed by atoms with Gasteiger partial charge in [-0.3, -0.25) is 4.79 Å². The van der Waals surface area contributed by atoms with Gasteiger partial charge in [0.25, 0.3) is 0 Å². The van der Waals surface area contributed by atoms with E-state index in [1.165, 1.54) is 11.3 Å². The summed E-state index contributed by atoms with van der Waals surface area (Å²) in [4.78, 5) is 13.4. The molecule has 2 unspecified atom stereocenters. The van der Waals surface area contributed by atoms with Crippen molar-refractivity contribution in [3.63, 3.8) is 0 Å². The van der Waals surface area contributed by atoms with Gasteiger partial charge in [0.05, 0.1) is 0 Å². The summed E-state index contributed by atoms with van der Waals surface area (Å²) in [7, 11) is 0. The monoisotopic (exact) mass is 294 g/mol. The molecule has 2 heterocycles. The minimum Gasteiger partial charge on any atom is -0.352 e. The highest BCUT2D eigenvalue weighted by molar-refractivity contribution is 7.09. The third-order valence-electron chi connectivity index (χ3n) is 4.02. The lowest BCUT2D eigenvalue weighted by Crippen LogP contribution is -2.51. The average molecular weight is 294 g/mol. The Morgan fingerprint density at radius 1 is 1.45 bits per heavy atom. The molecule has 1 aromatic rings. The third-order valence-corrected chi connectivity index (χ3v) is 4.95. The number of nitrogens with one attached hydrogen (secondary N) is 2. The van der Waals surface area contributed by atoms with Crippen LogP contribution in [0.5, 0.6) is 0 Å². The first-order chi connectivity index (χ1) is 9.75. The number of carbonyl (C=O) groups excluding carboxylic acids is 1. The summed E-state index contributed by atoms with van der Waals surface area (Å²) in [6.45, 7) is 3.24. The molecule has 1 saturated heterocycles. The SMILES string of the molecule is CC1NCCCC1NC(=O)CCCCCc1cccs1. The van der Waals surface area contributed by atoms with Crippen LogP contribution in [0, 0.1) is 0 Å². The second-order valence-corrected chi connectivity index (χ2v) is 6.73. The van der Waals surface area contributed by atoms with Crippen LogP contribution in [0.1, 0.15) is 50.3 Å². The molecule has 20 heavy (non-hydrogen) atoms. The largest absolute Gasteiger partial charge is 0.352 e. The standard InChI is InChI=1S/C16H26N2OS/c1-13-15(9-5-11-17-13)18-16(19)10-4-2-3-7-14-8-6-12-20-14/h6,8,12-13,15,17H,2-5,7,9-11H2,1H3,(H,18,19). The van der Waals surface area contributed by atoms with Crippen LogP contribution in [0.25, 0.3) is 0 Å². The maximum Gasteiger partial charge on any atom is 0.220 e. The van der Waals surface area contributed by atoms with Crippen molar-refractivity contribution in [1.82, 2.24) is 10.6 Å². The van der Waals surface area contributed by atoms with Crippen molar-refractivity contribution in [3.8, 4) is 0 Å². The maximum absolute atomic E-state index is 11.9. The second-order valence-electron chi connectivity index (χ2n) is 5.70. The number of rotatable bonds is 7. The first kappa shape index (κ1) is 15.5. The van der Waals surface area contributed by atoms with Gasteiger partial charge in [0, 0.05) is 23.4 Å². The van der Waals surface area contributed by atoms with Gasteiger partial charge in [0.1, 0.15) is 0 Å². The summed E-state index contributed by atoms with van der Waals surface area (Å²) in [6.07, 6.45) is 7.44. The highest BCUT2D eigenvalue weighted by atomic mass is 32.1. The number of hydrogen-bond acceptors (Lipinski definition) is 3. The van der Waals surface area contributed by atoms with Crippen LogP contribution in [-0.2, 0) is 11.2 Å². The van der Waals surface area contributed by atoms with Crippen LogP contribution in [0.2, 0.25) is 0 Å². The normalized spacial score (nSPS) is 22.6. The van der Waals surface area contributed by atoms with E-state index in [4.69, 9.17) is 0 Å². The second kappa shape index (κ2) is 8.42. The minimum absolute atomic E-state index is 0.224. The topological polar surface area (TPSA) is 41.1 Å². The molecule has 0 spiro atoms. The molecule has 0 radical (unpaired) electrons. The van der Waals surface area contributed by atoms with Crippen molar-refractivity contribution in [2.24, 2.45) is 0 Å². The van der Waals surface area contributed by atoms with E-state index < -0.39 is 0 Å². The fraction of sp³-hybridized carbons (Fsp3) is 0.688. The first-order valence-electron chi connectivity index (χ1n) is 7.81. The van der Waals surface area contributed by atoms with Crippen LogP contribution >= 0.6 is 11.3 Å². The number of aryl methyl sites for hydroxylation is 1. The van der Waals surface area contributed by atoms with Gasteiger partial charge in [-0.1, -0.05) is 12.5 Å². The zero-order valence-corrected chi connectivity index (χ0v) is 13.2. The fourth-order valence-electron chi connectivity index (χ4n) is 2.74. The minimum atomic E-state index is 0.224. The molecular formula is C16H26N2OS. The number of unbranched alkanes of at least 4 members (excludes halogenated alkanes) is 2. The molecule has 1 amide bonds.